The van der Waals surface area contributed by atoms with Gasteiger partial charge in [-0.2, -0.15) is 0 Å². The third kappa shape index (κ3) is 8.79. The first-order chi connectivity index (χ1) is 18.8. The SMILES string of the molecule is CCO[C@@H](CC/C=C/C(=O)Nc1ccccc1N)[C@@H](OC(=O)Nc1ccc(C)cc1)c1ccc(OC)c(O)c1. The summed E-state index contributed by atoms with van der Waals surface area (Å²) in [4.78, 5) is 25.2. The van der Waals surface area contributed by atoms with Crippen LogP contribution in [0.4, 0.5) is 21.9 Å². The van der Waals surface area contributed by atoms with E-state index in [9.17, 15) is 14.7 Å². The number of carbonyl (C=O) groups excluding carboxylic acids is 2. The molecule has 0 saturated heterocycles. The summed E-state index contributed by atoms with van der Waals surface area (Å²) in [6.45, 7) is 4.16. The normalized spacial score (nSPS) is 12.5. The summed E-state index contributed by atoms with van der Waals surface area (Å²) < 4.78 is 17.0. The van der Waals surface area contributed by atoms with E-state index in [1.807, 2.05) is 26.0 Å². The van der Waals surface area contributed by atoms with Gasteiger partial charge in [0.25, 0.3) is 0 Å². The van der Waals surface area contributed by atoms with Gasteiger partial charge in [-0.25, -0.2) is 4.79 Å². The Morgan fingerprint density at radius 3 is 2.46 bits per heavy atom. The molecule has 0 fully saturated rings. The molecule has 0 aliphatic rings. The van der Waals surface area contributed by atoms with E-state index in [0.29, 0.717) is 47.8 Å². The second-order valence-electron chi connectivity index (χ2n) is 8.80. The highest BCUT2D eigenvalue weighted by atomic mass is 16.6. The minimum absolute atomic E-state index is 0.0884. The van der Waals surface area contributed by atoms with Crippen LogP contribution in [0.5, 0.6) is 11.5 Å². The van der Waals surface area contributed by atoms with Gasteiger partial charge in [0.1, 0.15) is 0 Å². The molecule has 2 atom stereocenters. The fraction of sp³-hybridized carbons (Fsp3) is 0.267. The standard InChI is InChI=1S/C30H35N3O6/c1-4-38-27(11-7-8-12-28(35)33-24-10-6-5-9-23(24)31)29(21-15-18-26(37-3)25(34)19-21)39-30(36)32-22-16-13-20(2)14-17-22/h5-6,8-10,12-19,27,29,34H,4,7,11,31H2,1-3H3,(H,32,36)(H,33,35)/b12-8+/t27-,29-/m0/s1. The number of hydrogen-bond donors (Lipinski definition) is 4. The van der Waals surface area contributed by atoms with Gasteiger partial charge in [-0.3, -0.25) is 10.1 Å². The molecule has 0 aromatic heterocycles. The maximum Gasteiger partial charge on any atom is 0.412 e. The van der Waals surface area contributed by atoms with Gasteiger partial charge in [0, 0.05) is 12.3 Å². The van der Waals surface area contributed by atoms with E-state index >= 15 is 0 Å². The van der Waals surface area contributed by atoms with Crippen molar-refractivity contribution in [1.29, 1.82) is 0 Å². The topological polar surface area (TPSA) is 132 Å². The van der Waals surface area contributed by atoms with Crippen LogP contribution in [-0.2, 0) is 14.3 Å². The number of hydrogen-bond acceptors (Lipinski definition) is 7. The summed E-state index contributed by atoms with van der Waals surface area (Å²) in [5.41, 5.74) is 9.07. The minimum Gasteiger partial charge on any atom is -0.504 e. The van der Waals surface area contributed by atoms with E-state index in [0.717, 1.165) is 5.56 Å². The van der Waals surface area contributed by atoms with Crippen molar-refractivity contribution in [3.8, 4) is 11.5 Å². The molecule has 2 amide bonds. The third-order valence-corrected chi connectivity index (χ3v) is 5.89. The lowest BCUT2D eigenvalue weighted by molar-refractivity contribution is -0.111. The van der Waals surface area contributed by atoms with Gasteiger partial charge in [0.05, 0.1) is 24.6 Å². The molecule has 206 valence electrons. The Labute approximate surface area is 228 Å². The van der Waals surface area contributed by atoms with Crippen molar-refractivity contribution in [3.63, 3.8) is 0 Å². The van der Waals surface area contributed by atoms with Gasteiger partial charge in [-0.05, 0) is 74.7 Å². The number of phenols is 1. The molecular weight excluding hydrogens is 498 g/mol. The molecule has 0 bridgehead atoms. The van der Waals surface area contributed by atoms with Gasteiger partial charge in [0.15, 0.2) is 17.6 Å². The first-order valence-electron chi connectivity index (χ1n) is 12.7. The number of aromatic hydroxyl groups is 1. The van der Waals surface area contributed by atoms with Crippen LogP contribution < -0.4 is 21.1 Å². The van der Waals surface area contributed by atoms with Crippen LogP contribution in [-0.4, -0.2) is 36.9 Å². The van der Waals surface area contributed by atoms with Crippen molar-refractivity contribution in [1.82, 2.24) is 0 Å². The van der Waals surface area contributed by atoms with Gasteiger partial charge >= 0.3 is 6.09 Å². The predicted octanol–water partition coefficient (Wildman–Crippen LogP) is 5.96. The van der Waals surface area contributed by atoms with E-state index in [1.165, 1.54) is 19.3 Å². The van der Waals surface area contributed by atoms with Crippen molar-refractivity contribution >= 4 is 29.1 Å². The summed E-state index contributed by atoms with van der Waals surface area (Å²) in [5, 5.41) is 15.9. The number of nitrogens with one attached hydrogen (secondary N) is 2. The highest BCUT2D eigenvalue weighted by Crippen LogP contribution is 2.34. The van der Waals surface area contributed by atoms with Crippen molar-refractivity contribution in [2.24, 2.45) is 0 Å². The number of anilines is 3. The van der Waals surface area contributed by atoms with Gasteiger partial charge in [0.2, 0.25) is 5.91 Å². The molecule has 3 aromatic carbocycles. The number of phenolic OH excluding ortho intramolecular Hbond substituents is 1. The third-order valence-electron chi connectivity index (χ3n) is 5.89. The molecule has 0 heterocycles. The van der Waals surface area contributed by atoms with E-state index < -0.39 is 18.3 Å². The Morgan fingerprint density at radius 2 is 1.79 bits per heavy atom. The summed E-state index contributed by atoms with van der Waals surface area (Å²) >= 11 is 0. The first kappa shape index (κ1) is 29.1. The molecule has 9 nitrogen and oxygen atoms in total. The molecule has 0 saturated carbocycles. The van der Waals surface area contributed by atoms with Crippen LogP contribution in [0.1, 0.15) is 37.0 Å². The van der Waals surface area contributed by atoms with Gasteiger partial charge < -0.3 is 30.4 Å². The summed E-state index contributed by atoms with van der Waals surface area (Å²) in [6, 6.07) is 19.1. The summed E-state index contributed by atoms with van der Waals surface area (Å²) in [5.74, 6) is -0.108. The molecule has 5 N–H and O–H groups in total. The molecule has 9 heteroatoms. The van der Waals surface area contributed by atoms with Crippen LogP contribution in [0, 0.1) is 6.92 Å². The second kappa shape index (κ2) is 14.4. The maximum absolute atomic E-state index is 12.9. The Hall–Kier alpha value is -4.50. The number of nitrogens with two attached hydrogens (primary N) is 1. The van der Waals surface area contributed by atoms with Crippen LogP contribution in [0.2, 0.25) is 0 Å². The predicted molar refractivity (Wildman–Crippen MR) is 152 cm³/mol. The van der Waals surface area contributed by atoms with Gasteiger partial charge in [-0.15, -0.1) is 0 Å². The number of amides is 2. The monoisotopic (exact) mass is 533 g/mol. The van der Waals surface area contributed by atoms with Crippen LogP contribution in [0.3, 0.4) is 0 Å². The van der Waals surface area contributed by atoms with E-state index in [2.05, 4.69) is 10.6 Å². The summed E-state index contributed by atoms with van der Waals surface area (Å²) in [6.07, 6.45) is 1.95. The fourth-order valence-corrected chi connectivity index (χ4v) is 3.91. The highest BCUT2D eigenvalue weighted by molar-refractivity contribution is 6.01. The molecule has 0 spiro atoms. The number of nitrogen functional groups attached to an aromatic ring is 1. The van der Waals surface area contributed by atoms with Crippen LogP contribution >= 0.6 is 0 Å². The zero-order valence-electron chi connectivity index (χ0n) is 22.3. The fourth-order valence-electron chi connectivity index (χ4n) is 3.91. The lowest BCUT2D eigenvalue weighted by atomic mass is 9.99. The van der Waals surface area contributed by atoms with Gasteiger partial charge in [-0.1, -0.05) is 42.0 Å². The van der Waals surface area contributed by atoms with Crippen molar-refractivity contribution < 1.29 is 28.9 Å². The molecule has 3 aromatic rings. The smallest absolute Gasteiger partial charge is 0.412 e. The zero-order valence-corrected chi connectivity index (χ0v) is 22.3. The maximum atomic E-state index is 12.9. The van der Waals surface area contributed by atoms with Crippen molar-refractivity contribution in [2.45, 2.75) is 38.9 Å². The molecule has 0 aliphatic heterocycles. The number of allylic oxidation sites excluding steroid dienone is 1. The van der Waals surface area contributed by atoms with Crippen LogP contribution in [0.15, 0.2) is 78.9 Å². The lowest BCUT2D eigenvalue weighted by Crippen LogP contribution is -2.29. The Morgan fingerprint density at radius 1 is 1.05 bits per heavy atom. The van der Waals surface area contributed by atoms with Crippen molar-refractivity contribution in [3.05, 3.63) is 90.0 Å². The van der Waals surface area contributed by atoms with E-state index in [-0.39, 0.29) is 11.7 Å². The summed E-state index contributed by atoms with van der Waals surface area (Å²) in [7, 11) is 1.45. The molecular formula is C30H35N3O6. The van der Waals surface area contributed by atoms with Crippen LogP contribution in [0.25, 0.3) is 0 Å². The number of carbonyl (C=O) groups is 2. The first-order valence-corrected chi connectivity index (χ1v) is 12.7. The Balaban J connectivity index is 1.73. The largest absolute Gasteiger partial charge is 0.504 e. The second-order valence-corrected chi connectivity index (χ2v) is 8.80. The zero-order chi connectivity index (χ0) is 28.2. The number of methoxy groups -OCH3 is 1. The molecule has 3 rings (SSSR count). The number of rotatable bonds is 12. The average Bonchev–Trinajstić information content (AvgIpc) is 2.92. The molecule has 0 aliphatic carbocycles. The molecule has 39 heavy (non-hydrogen) atoms. The average molecular weight is 534 g/mol. The Bertz CT molecular complexity index is 1280. The highest BCUT2D eigenvalue weighted by Gasteiger charge is 2.28. The number of ether oxygens (including phenoxy) is 3. The quantitative estimate of drug-likeness (QED) is 0.167. The minimum atomic E-state index is -0.849. The number of para-hydroxylation sites is 2. The van der Waals surface area contributed by atoms with E-state index in [1.54, 1.807) is 54.6 Å². The lowest BCUT2D eigenvalue weighted by Gasteiger charge is -2.27. The van der Waals surface area contributed by atoms with E-state index in [4.69, 9.17) is 19.9 Å². The van der Waals surface area contributed by atoms with Crippen molar-refractivity contribution in [2.75, 3.05) is 30.1 Å². The number of benzene rings is 3. The molecule has 0 radical (unpaired) electrons. The Kier molecular flexibility index (Phi) is 10.8. The molecule has 0 unspecified atom stereocenters. The number of aryl methyl sites for hydroxylation is 1.